The molecule has 6 heteroatoms. The highest BCUT2D eigenvalue weighted by atomic mass is 32.1. The number of nitrogens with one attached hydrogen (secondary N) is 1. The number of nitrogens with zero attached hydrogens (tertiary/aromatic N) is 2. The first-order valence-electron chi connectivity index (χ1n) is 7.11. The van der Waals surface area contributed by atoms with Gasteiger partial charge in [-0.1, -0.05) is 55.0 Å². The predicted molar refractivity (Wildman–Crippen MR) is 85.3 cm³/mol. The molecule has 0 bridgehead atoms. The van der Waals surface area contributed by atoms with Crippen molar-refractivity contribution >= 4 is 22.4 Å². The van der Waals surface area contributed by atoms with Gasteiger partial charge in [0, 0.05) is 6.42 Å². The fourth-order valence-corrected chi connectivity index (χ4v) is 2.68. The van der Waals surface area contributed by atoms with E-state index >= 15 is 0 Å². The number of nitrogens with two attached hydrogens (primary N) is 1. The fourth-order valence-electron chi connectivity index (χ4n) is 1.89. The zero-order valence-corrected chi connectivity index (χ0v) is 12.9. The minimum Gasteiger partial charge on any atom is -0.320 e. The lowest BCUT2D eigenvalue weighted by Crippen LogP contribution is -2.37. The molecule has 5 nitrogen and oxygen atoms in total. The Kier molecular flexibility index (Phi) is 5.83. The highest BCUT2D eigenvalue weighted by Gasteiger charge is 2.16. The number of hydrogen-bond donors (Lipinski definition) is 2. The summed E-state index contributed by atoms with van der Waals surface area (Å²) in [5.74, 6) is -0.225. The van der Waals surface area contributed by atoms with Gasteiger partial charge < -0.3 is 5.73 Å². The average Bonchev–Trinajstić information content (AvgIpc) is 2.93. The van der Waals surface area contributed by atoms with Crippen molar-refractivity contribution in [3.63, 3.8) is 0 Å². The van der Waals surface area contributed by atoms with Crippen LogP contribution in [-0.2, 0) is 17.6 Å². The number of anilines is 1. The van der Waals surface area contributed by atoms with E-state index in [2.05, 4.69) is 22.4 Å². The van der Waals surface area contributed by atoms with E-state index in [4.69, 9.17) is 5.73 Å². The van der Waals surface area contributed by atoms with E-state index in [0.717, 1.165) is 29.8 Å². The Hall–Kier alpha value is -1.79. The van der Waals surface area contributed by atoms with Crippen LogP contribution in [0.2, 0.25) is 0 Å². The first kappa shape index (κ1) is 15.6. The van der Waals surface area contributed by atoms with E-state index in [-0.39, 0.29) is 5.91 Å². The molecule has 1 aromatic heterocycles. The first-order valence-corrected chi connectivity index (χ1v) is 7.93. The Balaban J connectivity index is 1.87. The van der Waals surface area contributed by atoms with Crippen molar-refractivity contribution < 1.29 is 4.79 Å². The van der Waals surface area contributed by atoms with Crippen molar-refractivity contribution in [2.45, 2.75) is 38.6 Å². The van der Waals surface area contributed by atoms with Crippen LogP contribution in [-0.4, -0.2) is 22.1 Å². The number of carbonyl (C=O) groups is 1. The minimum absolute atomic E-state index is 0.225. The van der Waals surface area contributed by atoms with E-state index in [1.165, 1.54) is 11.3 Å². The molecule has 112 valence electrons. The van der Waals surface area contributed by atoms with Crippen LogP contribution in [0.5, 0.6) is 0 Å². The molecule has 0 saturated heterocycles. The van der Waals surface area contributed by atoms with Crippen LogP contribution in [0, 0.1) is 0 Å². The van der Waals surface area contributed by atoms with Gasteiger partial charge in [-0.05, 0) is 18.4 Å². The van der Waals surface area contributed by atoms with Crippen LogP contribution in [0.15, 0.2) is 30.3 Å². The summed E-state index contributed by atoms with van der Waals surface area (Å²) in [6, 6.07) is 9.14. The van der Waals surface area contributed by atoms with Crippen molar-refractivity contribution in [2.75, 3.05) is 5.32 Å². The van der Waals surface area contributed by atoms with E-state index < -0.39 is 6.04 Å². The Bertz CT molecular complexity index is 570. The average molecular weight is 304 g/mol. The minimum atomic E-state index is -0.588. The van der Waals surface area contributed by atoms with Gasteiger partial charge in [0.15, 0.2) is 0 Å². The summed E-state index contributed by atoms with van der Waals surface area (Å²) in [6.45, 7) is 2.13. The molecule has 1 heterocycles. The molecule has 21 heavy (non-hydrogen) atoms. The van der Waals surface area contributed by atoms with Gasteiger partial charge in [-0.25, -0.2) is 0 Å². The van der Waals surface area contributed by atoms with Crippen LogP contribution in [0.1, 0.15) is 30.3 Å². The van der Waals surface area contributed by atoms with Gasteiger partial charge in [0.25, 0.3) is 0 Å². The van der Waals surface area contributed by atoms with Crippen molar-refractivity contribution in [1.29, 1.82) is 0 Å². The number of aromatic nitrogens is 2. The molecule has 0 fully saturated rings. The topological polar surface area (TPSA) is 80.9 Å². The molecule has 0 aliphatic carbocycles. The number of carbonyl (C=O) groups excluding carboxylic acids is 1. The molecule has 1 atom stereocenters. The zero-order valence-electron chi connectivity index (χ0n) is 12.1. The summed E-state index contributed by atoms with van der Waals surface area (Å²) in [7, 11) is 0. The van der Waals surface area contributed by atoms with Crippen LogP contribution >= 0.6 is 11.3 Å². The third kappa shape index (κ3) is 4.91. The monoisotopic (exact) mass is 304 g/mol. The van der Waals surface area contributed by atoms with E-state index in [9.17, 15) is 4.79 Å². The number of rotatable bonds is 7. The van der Waals surface area contributed by atoms with Gasteiger partial charge in [0.05, 0.1) is 6.04 Å². The van der Waals surface area contributed by atoms with Gasteiger partial charge in [-0.15, -0.1) is 10.2 Å². The smallest absolute Gasteiger partial charge is 0.243 e. The maximum absolute atomic E-state index is 12.0. The van der Waals surface area contributed by atoms with Gasteiger partial charge in [0.2, 0.25) is 11.0 Å². The standard InChI is InChI=1S/C15H20N4OS/c1-2-3-9-13-18-19-15(21-13)17-14(20)12(16)10-11-7-5-4-6-8-11/h4-8,12H,2-3,9-10,16H2,1H3,(H,17,19,20). The molecule has 0 aliphatic rings. The summed E-state index contributed by atoms with van der Waals surface area (Å²) >= 11 is 1.42. The number of hydrogen-bond acceptors (Lipinski definition) is 5. The first-order chi connectivity index (χ1) is 10.2. The Labute approximate surface area is 128 Å². The number of unbranched alkanes of at least 4 members (excludes halogenated alkanes) is 1. The Morgan fingerprint density at radius 3 is 2.81 bits per heavy atom. The SMILES string of the molecule is CCCCc1nnc(NC(=O)C(N)Cc2ccccc2)s1. The van der Waals surface area contributed by atoms with Crippen molar-refractivity contribution in [2.24, 2.45) is 5.73 Å². The second kappa shape index (κ2) is 7.85. The highest BCUT2D eigenvalue weighted by Crippen LogP contribution is 2.17. The van der Waals surface area contributed by atoms with E-state index in [1.807, 2.05) is 30.3 Å². The van der Waals surface area contributed by atoms with Crippen LogP contribution in [0.25, 0.3) is 0 Å². The molecule has 0 radical (unpaired) electrons. The molecule has 1 aromatic carbocycles. The summed E-state index contributed by atoms with van der Waals surface area (Å²) in [5, 5.41) is 12.3. The molecule has 1 amide bonds. The van der Waals surface area contributed by atoms with E-state index in [1.54, 1.807) is 0 Å². The third-order valence-corrected chi connectivity index (χ3v) is 3.97. The zero-order chi connectivity index (χ0) is 15.1. The molecule has 0 spiro atoms. The van der Waals surface area contributed by atoms with Crippen LogP contribution in [0.4, 0.5) is 5.13 Å². The summed E-state index contributed by atoms with van der Waals surface area (Å²) < 4.78 is 0. The van der Waals surface area contributed by atoms with Gasteiger partial charge in [-0.2, -0.15) is 0 Å². The van der Waals surface area contributed by atoms with Crippen LogP contribution < -0.4 is 11.1 Å². The molecular weight excluding hydrogens is 284 g/mol. The predicted octanol–water partition coefficient (Wildman–Crippen LogP) is 2.39. The second-order valence-corrected chi connectivity index (χ2v) is 5.95. The molecule has 1 unspecified atom stereocenters. The molecule has 3 N–H and O–H groups in total. The quantitative estimate of drug-likeness (QED) is 0.823. The highest BCUT2D eigenvalue weighted by molar-refractivity contribution is 7.15. The van der Waals surface area contributed by atoms with Crippen molar-refractivity contribution in [3.8, 4) is 0 Å². The van der Waals surface area contributed by atoms with Gasteiger partial charge in [-0.3, -0.25) is 10.1 Å². The molecular formula is C15H20N4OS. The Morgan fingerprint density at radius 2 is 2.10 bits per heavy atom. The van der Waals surface area contributed by atoms with Crippen molar-refractivity contribution in [1.82, 2.24) is 10.2 Å². The summed E-state index contributed by atoms with van der Waals surface area (Å²) in [6.07, 6.45) is 3.60. The maximum Gasteiger partial charge on any atom is 0.243 e. The molecule has 2 rings (SSSR count). The Morgan fingerprint density at radius 1 is 1.33 bits per heavy atom. The normalized spacial score (nSPS) is 12.1. The number of benzene rings is 1. The summed E-state index contributed by atoms with van der Waals surface area (Å²) in [5.41, 5.74) is 6.97. The lowest BCUT2D eigenvalue weighted by atomic mass is 10.1. The second-order valence-electron chi connectivity index (χ2n) is 4.89. The van der Waals surface area contributed by atoms with E-state index in [0.29, 0.717) is 11.6 Å². The largest absolute Gasteiger partial charge is 0.320 e. The number of aryl methyl sites for hydroxylation is 1. The van der Waals surface area contributed by atoms with Crippen molar-refractivity contribution in [3.05, 3.63) is 40.9 Å². The molecule has 0 aliphatic heterocycles. The van der Waals surface area contributed by atoms with Gasteiger partial charge in [0.1, 0.15) is 5.01 Å². The lowest BCUT2D eigenvalue weighted by Gasteiger charge is -2.10. The van der Waals surface area contributed by atoms with Gasteiger partial charge >= 0.3 is 0 Å². The maximum atomic E-state index is 12.0. The third-order valence-electron chi connectivity index (χ3n) is 3.08. The van der Waals surface area contributed by atoms with Crippen LogP contribution in [0.3, 0.4) is 0 Å². The number of amides is 1. The molecule has 0 saturated carbocycles. The summed E-state index contributed by atoms with van der Waals surface area (Å²) in [4.78, 5) is 12.0. The molecule has 2 aromatic rings. The lowest BCUT2D eigenvalue weighted by molar-refractivity contribution is -0.117. The fraction of sp³-hybridized carbons (Fsp3) is 0.400.